The summed E-state index contributed by atoms with van der Waals surface area (Å²) in [6.45, 7) is 1.42. The Kier molecular flexibility index (Phi) is 5.98. The smallest absolute Gasteiger partial charge is 0.293 e. The largest absolute Gasteiger partial charge is 0.361 e. The number of nitro groups is 1. The third-order valence-electron chi connectivity index (χ3n) is 3.05. The first kappa shape index (κ1) is 16.2. The van der Waals surface area contributed by atoms with Crippen LogP contribution in [0.1, 0.15) is 5.56 Å². The lowest BCUT2D eigenvalue weighted by molar-refractivity contribution is -0.384. The van der Waals surface area contributed by atoms with Gasteiger partial charge in [-0.05, 0) is 17.7 Å². The maximum atomic E-state index is 11.3. The third-order valence-corrected chi connectivity index (χ3v) is 4.02. The number of benzene rings is 2. The van der Waals surface area contributed by atoms with Crippen LogP contribution in [0.5, 0.6) is 0 Å². The molecule has 0 spiro atoms. The first-order valence-electron chi connectivity index (χ1n) is 6.40. The van der Waals surface area contributed by atoms with Gasteiger partial charge in [-0.25, -0.2) is 0 Å². The molecule has 0 saturated carbocycles. The molecule has 0 bridgehead atoms. The first-order chi connectivity index (χ1) is 10.1. The lowest BCUT2D eigenvalue weighted by Gasteiger charge is -2.24. The zero-order valence-corrected chi connectivity index (χ0v) is 15.0. The van der Waals surface area contributed by atoms with Gasteiger partial charge in [0.05, 0.1) is 4.92 Å². The Hall–Kier alpha value is -1.15. The molecule has 2 aromatic rings. The summed E-state index contributed by atoms with van der Waals surface area (Å²) in [6.07, 6.45) is 0. The van der Waals surface area contributed by atoms with E-state index in [1.54, 1.807) is 12.1 Å². The van der Waals surface area contributed by atoms with Crippen molar-refractivity contribution in [1.29, 1.82) is 0 Å². The van der Waals surface area contributed by atoms with E-state index in [4.69, 9.17) is 0 Å². The zero-order chi connectivity index (χ0) is 15.2. The molecule has 0 atom stereocenters. The predicted molar refractivity (Wildman–Crippen MR) is 97.2 cm³/mol. The molecule has 0 heterocycles. The number of nitro benzene ring substituents is 1. The van der Waals surface area contributed by atoms with Gasteiger partial charge in [0, 0.05) is 28.1 Å². The summed E-state index contributed by atoms with van der Waals surface area (Å²) in [5.41, 5.74) is 1.92. The molecule has 0 aliphatic heterocycles. The van der Waals surface area contributed by atoms with Gasteiger partial charge in [-0.15, -0.1) is 0 Å². The molecule has 21 heavy (non-hydrogen) atoms. The van der Waals surface area contributed by atoms with Crippen LogP contribution in [0.25, 0.3) is 0 Å². The zero-order valence-electron chi connectivity index (χ0n) is 11.2. The monoisotopic (exact) mass is 460 g/mol. The van der Waals surface area contributed by atoms with Crippen LogP contribution < -0.4 is 4.90 Å². The predicted octanol–water partition coefficient (Wildman–Crippen LogP) is 4.80. The highest BCUT2D eigenvalue weighted by Gasteiger charge is 2.19. The van der Waals surface area contributed by atoms with Crippen molar-refractivity contribution in [2.45, 2.75) is 6.54 Å². The van der Waals surface area contributed by atoms with E-state index in [0.29, 0.717) is 16.7 Å². The van der Waals surface area contributed by atoms with E-state index < -0.39 is 0 Å². The quantitative estimate of drug-likeness (QED) is 0.269. The summed E-state index contributed by atoms with van der Waals surface area (Å²) in [7, 11) is 0. The maximum absolute atomic E-state index is 11.3. The van der Waals surface area contributed by atoms with E-state index in [9.17, 15) is 10.1 Å². The molecule has 110 valence electrons. The second kappa shape index (κ2) is 7.74. The number of nitrogens with zero attached hydrogens (tertiary/aromatic N) is 2. The Balaban J connectivity index is 2.36. The van der Waals surface area contributed by atoms with E-state index in [1.165, 1.54) is 0 Å². The average molecular weight is 461 g/mol. The Morgan fingerprint density at radius 3 is 2.52 bits per heavy atom. The Morgan fingerprint density at radius 2 is 1.90 bits per heavy atom. The van der Waals surface area contributed by atoms with Crippen LogP contribution in [-0.4, -0.2) is 15.9 Å². The number of hydrogen-bond donors (Lipinski definition) is 0. The summed E-state index contributed by atoms with van der Waals surface area (Å²) in [4.78, 5) is 13.0. The minimum atomic E-state index is -0.328. The summed E-state index contributed by atoms with van der Waals surface area (Å²) < 4.78 is 1.62. The third kappa shape index (κ3) is 4.41. The van der Waals surface area contributed by atoms with Gasteiger partial charge in [0.1, 0.15) is 5.69 Å². The minimum Gasteiger partial charge on any atom is -0.361 e. The van der Waals surface area contributed by atoms with Gasteiger partial charge in [-0.1, -0.05) is 68.9 Å². The normalized spacial score (nSPS) is 10.4. The molecule has 0 unspecified atom stereocenters. The summed E-state index contributed by atoms with van der Waals surface area (Å²) >= 11 is 5.58. The molecular formula is C15H14BrIN2O2. The SMILES string of the molecule is O=[N+]([O-])c1cc(Br)ccc1N(CCI)Cc1ccccc1. The fraction of sp³-hybridized carbons (Fsp3) is 0.200. The Morgan fingerprint density at radius 1 is 1.19 bits per heavy atom. The van der Waals surface area contributed by atoms with Crippen molar-refractivity contribution >= 4 is 49.9 Å². The van der Waals surface area contributed by atoms with Gasteiger partial charge in [0.2, 0.25) is 0 Å². The molecule has 0 saturated heterocycles. The van der Waals surface area contributed by atoms with Gasteiger partial charge < -0.3 is 4.90 Å². The fourth-order valence-corrected chi connectivity index (χ4v) is 3.03. The van der Waals surface area contributed by atoms with Crippen molar-refractivity contribution in [3.05, 3.63) is 68.7 Å². The Bertz CT molecular complexity index is 622. The van der Waals surface area contributed by atoms with Crippen LogP contribution in [0.2, 0.25) is 0 Å². The van der Waals surface area contributed by atoms with Gasteiger partial charge >= 0.3 is 0 Å². The second-order valence-electron chi connectivity index (χ2n) is 4.49. The van der Waals surface area contributed by atoms with Crippen molar-refractivity contribution in [3.8, 4) is 0 Å². The van der Waals surface area contributed by atoms with Crippen molar-refractivity contribution in [2.75, 3.05) is 15.9 Å². The fourth-order valence-electron chi connectivity index (χ4n) is 2.10. The molecular weight excluding hydrogens is 447 g/mol. The topological polar surface area (TPSA) is 46.4 Å². The van der Waals surface area contributed by atoms with Gasteiger partial charge in [-0.2, -0.15) is 0 Å². The van der Waals surface area contributed by atoms with E-state index in [1.807, 2.05) is 41.3 Å². The molecule has 4 nitrogen and oxygen atoms in total. The van der Waals surface area contributed by atoms with Crippen LogP contribution in [-0.2, 0) is 6.54 Å². The molecule has 6 heteroatoms. The van der Waals surface area contributed by atoms with Crippen molar-refractivity contribution < 1.29 is 4.92 Å². The second-order valence-corrected chi connectivity index (χ2v) is 6.48. The van der Waals surface area contributed by atoms with Crippen molar-refractivity contribution in [3.63, 3.8) is 0 Å². The molecule has 2 aromatic carbocycles. The molecule has 0 aliphatic carbocycles. The standard InChI is InChI=1S/C15H14BrIN2O2/c16-13-6-7-14(15(10-13)19(20)21)18(9-8-17)11-12-4-2-1-3-5-12/h1-7,10H,8-9,11H2. The summed E-state index contributed by atoms with van der Waals surface area (Å²) in [5.74, 6) is 0. The number of rotatable bonds is 6. The highest BCUT2D eigenvalue weighted by atomic mass is 127. The molecule has 0 N–H and O–H groups in total. The number of hydrogen-bond acceptors (Lipinski definition) is 3. The van der Waals surface area contributed by atoms with Gasteiger partial charge in [-0.3, -0.25) is 10.1 Å². The van der Waals surface area contributed by atoms with Gasteiger partial charge in [0.15, 0.2) is 0 Å². The number of halogens is 2. The molecule has 0 amide bonds. The van der Waals surface area contributed by atoms with Crippen LogP contribution >= 0.6 is 38.5 Å². The first-order valence-corrected chi connectivity index (χ1v) is 8.72. The molecule has 0 aromatic heterocycles. The van der Waals surface area contributed by atoms with Crippen LogP contribution in [0, 0.1) is 10.1 Å². The van der Waals surface area contributed by atoms with Gasteiger partial charge in [0.25, 0.3) is 5.69 Å². The highest BCUT2D eigenvalue weighted by molar-refractivity contribution is 14.1. The van der Waals surface area contributed by atoms with Crippen molar-refractivity contribution in [1.82, 2.24) is 0 Å². The number of alkyl halides is 1. The van der Waals surface area contributed by atoms with E-state index in [-0.39, 0.29) is 10.6 Å². The number of anilines is 1. The molecule has 0 fully saturated rings. The molecule has 0 aliphatic rings. The van der Waals surface area contributed by atoms with E-state index >= 15 is 0 Å². The Labute approximate surface area is 145 Å². The van der Waals surface area contributed by atoms with E-state index in [0.717, 1.165) is 16.5 Å². The lowest BCUT2D eigenvalue weighted by atomic mass is 10.2. The van der Waals surface area contributed by atoms with Crippen molar-refractivity contribution in [2.24, 2.45) is 0 Å². The van der Waals surface area contributed by atoms with Crippen LogP contribution in [0.15, 0.2) is 53.0 Å². The lowest BCUT2D eigenvalue weighted by Crippen LogP contribution is -2.25. The highest BCUT2D eigenvalue weighted by Crippen LogP contribution is 2.32. The summed E-state index contributed by atoms with van der Waals surface area (Å²) in [5, 5.41) is 11.3. The molecule has 2 rings (SSSR count). The summed E-state index contributed by atoms with van der Waals surface area (Å²) in [6, 6.07) is 15.2. The average Bonchev–Trinajstić information content (AvgIpc) is 2.48. The maximum Gasteiger partial charge on any atom is 0.293 e. The molecule has 0 radical (unpaired) electrons. The van der Waals surface area contributed by atoms with Crippen LogP contribution in [0.3, 0.4) is 0 Å². The minimum absolute atomic E-state index is 0.130. The van der Waals surface area contributed by atoms with E-state index in [2.05, 4.69) is 38.5 Å². The van der Waals surface area contributed by atoms with Crippen LogP contribution in [0.4, 0.5) is 11.4 Å².